The summed E-state index contributed by atoms with van der Waals surface area (Å²) in [5, 5.41) is 0.457. The van der Waals surface area contributed by atoms with Crippen molar-refractivity contribution in [3.63, 3.8) is 0 Å². The van der Waals surface area contributed by atoms with E-state index in [1.165, 1.54) is 0 Å². The predicted octanol–water partition coefficient (Wildman–Crippen LogP) is 3.23. The van der Waals surface area contributed by atoms with Crippen LogP contribution in [0, 0.1) is 6.92 Å². The lowest BCUT2D eigenvalue weighted by Crippen LogP contribution is -2.16. The molecule has 0 fully saturated rings. The number of ether oxygens (including phenoxy) is 2. The quantitative estimate of drug-likeness (QED) is 0.855. The van der Waals surface area contributed by atoms with Crippen molar-refractivity contribution in [1.82, 2.24) is 4.98 Å². The molecule has 0 spiro atoms. The summed E-state index contributed by atoms with van der Waals surface area (Å²) in [6.45, 7) is 2.98. The number of aromatic nitrogens is 1. The number of nitrogens with zero attached hydrogens (tertiary/aromatic N) is 1. The van der Waals surface area contributed by atoms with Gasteiger partial charge in [0, 0.05) is 22.8 Å². The molecule has 2 heterocycles. The minimum absolute atomic E-state index is 0.457. The molecule has 1 aliphatic rings. The molecule has 7 heteroatoms. The number of benzene rings is 1. The van der Waals surface area contributed by atoms with Crippen LogP contribution in [0.5, 0.6) is 11.5 Å². The van der Waals surface area contributed by atoms with Crippen LogP contribution in [0.1, 0.15) is 10.6 Å². The highest BCUT2D eigenvalue weighted by atomic mass is 35.5. The minimum atomic E-state index is -1.17. The lowest BCUT2D eigenvalue weighted by molar-refractivity contribution is 0.171. The minimum Gasteiger partial charge on any atom is -0.486 e. The lowest BCUT2D eigenvalue weighted by atomic mass is 10.3. The Labute approximate surface area is 134 Å². The van der Waals surface area contributed by atoms with Crippen LogP contribution in [0.4, 0.5) is 0 Å². The van der Waals surface area contributed by atoms with E-state index in [0.717, 1.165) is 17.0 Å². The van der Waals surface area contributed by atoms with Gasteiger partial charge in [0.15, 0.2) is 11.5 Å². The van der Waals surface area contributed by atoms with Gasteiger partial charge in [0.2, 0.25) is 0 Å². The molecule has 21 heavy (non-hydrogen) atoms. The molecular weight excluding hydrogens is 330 g/mol. The average Bonchev–Trinajstić information content (AvgIpc) is 2.89. The van der Waals surface area contributed by atoms with E-state index in [-0.39, 0.29) is 0 Å². The van der Waals surface area contributed by atoms with Crippen LogP contribution < -0.4 is 9.47 Å². The van der Waals surface area contributed by atoms with E-state index < -0.39 is 10.8 Å². The molecule has 0 saturated heterocycles. The van der Waals surface area contributed by atoms with Gasteiger partial charge in [-0.2, -0.15) is 0 Å². The van der Waals surface area contributed by atoms with Crippen molar-refractivity contribution in [2.45, 2.75) is 18.2 Å². The third-order valence-corrected chi connectivity index (χ3v) is 6.02. The van der Waals surface area contributed by atoms with E-state index in [4.69, 9.17) is 21.1 Å². The molecule has 3 rings (SSSR count). The van der Waals surface area contributed by atoms with Crippen molar-refractivity contribution in [3.8, 4) is 11.5 Å². The van der Waals surface area contributed by atoms with Crippen LogP contribution in [0.25, 0.3) is 0 Å². The lowest BCUT2D eigenvalue weighted by Gasteiger charge is -2.19. The molecule has 0 saturated carbocycles. The van der Waals surface area contributed by atoms with Crippen LogP contribution in [0.2, 0.25) is 5.02 Å². The highest BCUT2D eigenvalue weighted by molar-refractivity contribution is 7.85. The first-order chi connectivity index (χ1) is 10.1. The van der Waals surface area contributed by atoms with Crippen LogP contribution in [0.3, 0.4) is 0 Å². The van der Waals surface area contributed by atoms with E-state index in [1.807, 2.05) is 12.4 Å². The fraction of sp³-hybridized carbons (Fsp3) is 0.357. The summed E-state index contributed by atoms with van der Waals surface area (Å²) in [7, 11) is -1.17. The van der Waals surface area contributed by atoms with Crippen molar-refractivity contribution < 1.29 is 13.7 Å². The van der Waals surface area contributed by atoms with Crippen molar-refractivity contribution in [2.75, 3.05) is 19.0 Å². The first-order valence-electron chi connectivity index (χ1n) is 6.51. The van der Waals surface area contributed by atoms with Crippen molar-refractivity contribution >= 4 is 33.7 Å². The Morgan fingerprint density at radius 1 is 1.33 bits per heavy atom. The van der Waals surface area contributed by atoms with Gasteiger partial charge >= 0.3 is 0 Å². The number of halogens is 1. The van der Waals surface area contributed by atoms with Crippen LogP contribution in [-0.2, 0) is 17.2 Å². The van der Waals surface area contributed by atoms with Crippen molar-refractivity contribution in [1.29, 1.82) is 0 Å². The van der Waals surface area contributed by atoms with Gasteiger partial charge < -0.3 is 9.47 Å². The van der Waals surface area contributed by atoms with Gasteiger partial charge in [-0.3, -0.25) is 4.21 Å². The summed E-state index contributed by atoms with van der Waals surface area (Å²) in [6, 6.07) is 3.41. The monoisotopic (exact) mass is 343 g/mol. The highest BCUT2D eigenvalue weighted by Gasteiger charge is 2.18. The molecule has 0 aliphatic carbocycles. The SMILES string of the molecule is Cc1ncsc1CC[S@@](=O)c1cc2c(cc1Cl)OCCO2. The number of hydrogen-bond donors (Lipinski definition) is 0. The van der Waals surface area contributed by atoms with E-state index in [9.17, 15) is 4.21 Å². The van der Waals surface area contributed by atoms with Gasteiger partial charge in [0.1, 0.15) is 13.2 Å². The zero-order valence-corrected chi connectivity index (χ0v) is 13.8. The normalized spacial score (nSPS) is 15.0. The van der Waals surface area contributed by atoms with Crippen LogP contribution in [-0.4, -0.2) is 28.2 Å². The van der Waals surface area contributed by atoms with E-state index in [0.29, 0.717) is 40.4 Å². The van der Waals surface area contributed by atoms with Gasteiger partial charge in [0.05, 0.1) is 31.9 Å². The summed E-state index contributed by atoms with van der Waals surface area (Å²) in [6.07, 6.45) is 0.730. The van der Waals surface area contributed by atoms with Gasteiger partial charge in [0.25, 0.3) is 0 Å². The Kier molecular flexibility index (Phi) is 4.47. The fourth-order valence-electron chi connectivity index (χ4n) is 2.08. The van der Waals surface area contributed by atoms with E-state index in [2.05, 4.69) is 4.98 Å². The second-order valence-electron chi connectivity index (χ2n) is 4.59. The van der Waals surface area contributed by atoms with Crippen LogP contribution in [0.15, 0.2) is 22.5 Å². The van der Waals surface area contributed by atoms with Crippen LogP contribution >= 0.6 is 22.9 Å². The summed E-state index contributed by atoms with van der Waals surface area (Å²) in [5.41, 5.74) is 2.82. The topological polar surface area (TPSA) is 48.4 Å². The largest absolute Gasteiger partial charge is 0.486 e. The third-order valence-electron chi connectivity index (χ3n) is 3.20. The molecule has 0 amide bonds. The molecule has 2 aromatic rings. The molecule has 0 N–H and O–H groups in total. The highest BCUT2D eigenvalue weighted by Crippen LogP contribution is 2.36. The number of thiazole rings is 1. The maximum Gasteiger partial charge on any atom is 0.162 e. The van der Waals surface area contributed by atoms with Crippen molar-refractivity contribution in [2.24, 2.45) is 0 Å². The fourth-order valence-corrected chi connectivity index (χ4v) is 4.53. The number of fused-ring (bicyclic) bond motifs is 1. The zero-order valence-electron chi connectivity index (χ0n) is 11.4. The first kappa shape index (κ1) is 14.8. The van der Waals surface area contributed by atoms with Gasteiger partial charge in [-0.1, -0.05) is 11.6 Å². The summed E-state index contributed by atoms with van der Waals surface area (Å²) in [4.78, 5) is 5.96. The van der Waals surface area contributed by atoms with Gasteiger partial charge in [-0.25, -0.2) is 4.98 Å². The molecule has 0 bridgehead atoms. The smallest absolute Gasteiger partial charge is 0.162 e. The third kappa shape index (κ3) is 3.22. The Hall–Kier alpha value is -1.11. The maximum absolute atomic E-state index is 12.5. The van der Waals surface area contributed by atoms with Gasteiger partial charge in [-0.15, -0.1) is 11.3 Å². The molecule has 1 aliphatic heterocycles. The maximum atomic E-state index is 12.5. The molecule has 1 aromatic heterocycles. The summed E-state index contributed by atoms with van der Waals surface area (Å²) >= 11 is 7.80. The van der Waals surface area contributed by atoms with Crippen molar-refractivity contribution in [3.05, 3.63) is 33.2 Å². The second-order valence-corrected chi connectivity index (χ2v) is 7.47. The molecule has 1 aromatic carbocycles. The standard InChI is InChI=1S/C14H14ClNO3S2/c1-9-13(20-8-16-9)2-5-21(17)14-7-12-11(6-10(14)15)18-3-4-19-12/h6-8H,2-5H2,1H3/t21-/m1/s1. The predicted molar refractivity (Wildman–Crippen MR) is 84.3 cm³/mol. The molecule has 1 atom stereocenters. The molecular formula is C14H14ClNO3S2. The summed E-state index contributed by atoms with van der Waals surface area (Å²) < 4.78 is 23.4. The van der Waals surface area contributed by atoms with E-state index in [1.54, 1.807) is 23.5 Å². The average molecular weight is 344 g/mol. The molecule has 112 valence electrons. The molecule has 4 nitrogen and oxygen atoms in total. The Morgan fingerprint density at radius 2 is 2.05 bits per heavy atom. The van der Waals surface area contributed by atoms with E-state index >= 15 is 0 Å². The Bertz CT molecular complexity index is 687. The van der Waals surface area contributed by atoms with Gasteiger partial charge in [-0.05, 0) is 13.3 Å². The number of hydrogen-bond acceptors (Lipinski definition) is 5. The molecule has 0 unspecified atom stereocenters. The Morgan fingerprint density at radius 3 is 2.71 bits per heavy atom. The second kappa shape index (κ2) is 6.34. The molecule has 0 radical (unpaired) electrons. The zero-order chi connectivity index (χ0) is 14.8. The summed E-state index contributed by atoms with van der Waals surface area (Å²) in [5.74, 6) is 1.75. The first-order valence-corrected chi connectivity index (χ1v) is 9.09. The number of rotatable bonds is 4. The Balaban J connectivity index is 1.76. The number of aryl methyl sites for hydroxylation is 2.